The minimum atomic E-state index is -0.459. The second-order valence-electron chi connectivity index (χ2n) is 4.95. The number of primary amides is 1. The largest absolute Gasteiger partial charge is 0.365 e. The van der Waals surface area contributed by atoms with Gasteiger partial charge in [0.1, 0.15) is 0 Å². The van der Waals surface area contributed by atoms with Gasteiger partial charge in [0.25, 0.3) is 5.91 Å². The third-order valence-electron chi connectivity index (χ3n) is 3.60. The number of rotatable bonds is 3. The first-order valence-electron chi connectivity index (χ1n) is 6.36. The van der Waals surface area contributed by atoms with Gasteiger partial charge < -0.3 is 10.3 Å². The molecule has 1 aliphatic rings. The smallest absolute Gasteiger partial charge is 0.252 e. The number of carbonyl (C=O) groups is 1. The molecular weight excluding hydrogens is 260 g/mol. The fraction of sp³-hybridized carbons (Fsp3) is 0.267. The summed E-state index contributed by atoms with van der Waals surface area (Å²) in [5.74, 6) is -0.459. The molecule has 1 fully saturated rings. The second-order valence-corrected chi connectivity index (χ2v) is 5.33. The minimum Gasteiger partial charge on any atom is -0.365 e. The van der Waals surface area contributed by atoms with Gasteiger partial charge in [0.2, 0.25) is 0 Å². The Balaban J connectivity index is 2.28. The van der Waals surface area contributed by atoms with Crippen LogP contribution in [0.1, 0.15) is 34.9 Å². The number of hydrogen-bond acceptors (Lipinski definition) is 1. The van der Waals surface area contributed by atoms with Gasteiger partial charge in [0.15, 0.2) is 0 Å². The lowest BCUT2D eigenvalue weighted by molar-refractivity contribution is 0.1000. The molecular formula is C15H15ClN2O. The average molecular weight is 275 g/mol. The van der Waals surface area contributed by atoms with Crippen molar-refractivity contribution in [2.75, 3.05) is 0 Å². The highest BCUT2D eigenvalue weighted by Crippen LogP contribution is 2.45. The Hall–Kier alpha value is -1.74. The molecule has 2 N–H and O–H groups in total. The molecule has 2 aromatic rings. The van der Waals surface area contributed by atoms with Gasteiger partial charge >= 0.3 is 0 Å². The summed E-state index contributed by atoms with van der Waals surface area (Å²) in [5.41, 5.74) is 8.72. The van der Waals surface area contributed by atoms with Crippen LogP contribution in [-0.2, 0) is 0 Å². The normalized spacial score (nSPS) is 14.6. The van der Waals surface area contributed by atoms with Crippen molar-refractivity contribution < 1.29 is 4.79 Å². The molecule has 1 amide bonds. The van der Waals surface area contributed by atoms with Crippen molar-refractivity contribution >= 4 is 17.5 Å². The zero-order valence-electron chi connectivity index (χ0n) is 10.7. The maximum atomic E-state index is 11.6. The topological polar surface area (TPSA) is 48.0 Å². The Morgan fingerprint density at radius 1 is 1.32 bits per heavy atom. The van der Waals surface area contributed by atoms with Crippen molar-refractivity contribution in [2.24, 2.45) is 5.73 Å². The summed E-state index contributed by atoms with van der Waals surface area (Å²) in [4.78, 5) is 11.6. The third kappa shape index (κ3) is 1.94. The predicted octanol–water partition coefficient (Wildman–Crippen LogP) is 3.55. The summed E-state index contributed by atoms with van der Waals surface area (Å²) >= 11 is 6.41. The van der Waals surface area contributed by atoms with Crippen molar-refractivity contribution in [3.63, 3.8) is 0 Å². The molecule has 3 rings (SSSR count). The molecule has 0 atom stereocenters. The number of benzene rings is 1. The molecule has 0 aliphatic heterocycles. The summed E-state index contributed by atoms with van der Waals surface area (Å²) in [5, 5.41) is 0.475. The molecule has 0 spiro atoms. The molecule has 19 heavy (non-hydrogen) atoms. The van der Waals surface area contributed by atoms with Crippen LogP contribution in [0, 0.1) is 6.92 Å². The Morgan fingerprint density at radius 2 is 1.95 bits per heavy atom. The molecule has 3 nitrogen and oxygen atoms in total. The zero-order chi connectivity index (χ0) is 13.6. The Kier molecular flexibility index (Phi) is 2.86. The molecule has 98 valence electrons. The lowest BCUT2D eigenvalue weighted by Gasteiger charge is -2.10. The summed E-state index contributed by atoms with van der Waals surface area (Å²) in [6.07, 6.45) is 2.26. The van der Waals surface area contributed by atoms with E-state index < -0.39 is 5.91 Å². The summed E-state index contributed by atoms with van der Waals surface area (Å²) < 4.78 is 2.16. The summed E-state index contributed by atoms with van der Waals surface area (Å²) in [6.45, 7) is 1.91. The predicted molar refractivity (Wildman–Crippen MR) is 76.4 cm³/mol. The van der Waals surface area contributed by atoms with Crippen LogP contribution in [0.2, 0.25) is 5.02 Å². The Morgan fingerprint density at radius 3 is 2.47 bits per heavy atom. The molecule has 0 radical (unpaired) electrons. The van der Waals surface area contributed by atoms with Gasteiger partial charge in [0, 0.05) is 11.7 Å². The quantitative estimate of drug-likeness (QED) is 0.914. The van der Waals surface area contributed by atoms with Gasteiger partial charge in [-0.1, -0.05) is 41.9 Å². The van der Waals surface area contributed by atoms with Crippen LogP contribution in [0.4, 0.5) is 0 Å². The molecule has 1 saturated carbocycles. The zero-order valence-corrected chi connectivity index (χ0v) is 11.4. The maximum Gasteiger partial charge on any atom is 0.252 e. The number of nitrogens with two attached hydrogens (primary N) is 1. The van der Waals surface area contributed by atoms with Gasteiger partial charge in [-0.2, -0.15) is 0 Å². The first-order chi connectivity index (χ1) is 9.11. The van der Waals surface area contributed by atoms with E-state index in [1.807, 2.05) is 37.3 Å². The van der Waals surface area contributed by atoms with E-state index in [2.05, 4.69) is 4.57 Å². The van der Waals surface area contributed by atoms with Gasteiger partial charge in [-0.05, 0) is 25.3 Å². The fourth-order valence-corrected chi connectivity index (χ4v) is 3.04. The highest BCUT2D eigenvalue weighted by molar-refractivity contribution is 6.36. The van der Waals surface area contributed by atoms with Gasteiger partial charge in [-0.15, -0.1) is 0 Å². The van der Waals surface area contributed by atoms with Crippen LogP contribution in [-0.4, -0.2) is 10.5 Å². The van der Waals surface area contributed by atoms with E-state index in [1.54, 1.807) is 0 Å². The number of amides is 1. The van der Waals surface area contributed by atoms with Crippen LogP contribution < -0.4 is 5.73 Å². The van der Waals surface area contributed by atoms with E-state index in [1.165, 1.54) is 0 Å². The molecule has 1 heterocycles. The van der Waals surface area contributed by atoms with Gasteiger partial charge in [-0.3, -0.25) is 4.79 Å². The lowest BCUT2D eigenvalue weighted by Crippen LogP contribution is -2.12. The van der Waals surface area contributed by atoms with Crippen molar-refractivity contribution in [1.29, 1.82) is 0 Å². The average Bonchev–Trinajstić information content (AvgIpc) is 3.16. The number of aromatic nitrogens is 1. The molecule has 0 unspecified atom stereocenters. The van der Waals surface area contributed by atoms with E-state index in [4.69, 9.17) is 17.3 Å². The van der Waals surface area contributed by atoms with E-state index in [0.717, 1.165) is 29.8 Å². The number of halogens is 1. The Labute approximate surface area is 117 Å². The fourth-order valence-electron chi connectivity index (χ4n) is 2.61. The van der Waals surface area contributed by atoms with E-state index in [9.17, 15) is 4.79 Å². The summed E-state index contributed by atoms with van der Waals surface area (Å²) in [6, 6.07) is 10.4. The Bertz CT molecular complexity index is 642. The van der Waals surface area contributed by atoms with E-state index >= 15 is 0 Å². The SMILES string of the molecule is Cc1c(C(N)=O)c(Cl)c(-c2ccccc2)n1C1CC1. The van der Waals surface area contributed by atoms with Crippen LogP contribution >= 0.6 is 11.6 Å². The molecule has 0 bridgehead atoms. The number of nitrogens with zero attached hydrogens (tertiary/aromatic N) is 1. The molecule has 0 saturated heterocycles. The molecule has 4 heteroatoms. The van der Waals surface area contributed by atoms with Crippen molar-refractivity contribution in [3.8, 4) is 11.3 Å². The first-order valence-corrected chi connectivity index (χ1v) is 6.74. The third-order valence-corrected chi connectivity index (χ3v) is 3.97. The maximum absolute atomic E-state index is 11.6. The molecule has 1 aromatic carbocycles. The first kappa shape index (κ1) is 12.3. The monoisotopic (exact) mass is 274 g/mol. The second kappa shape index (κ2) is 4.42. The van der Waals surface area contributed by atoms with E-state index in [-0.39, 0.29) is 0 Å². The highest BCUT2D eigenvalue weighted by atomic mass is 35.5. The van der Waals surface area contributed by atoms with E-state index in [0.29, 0.717) is 16.6 Å². The van der Waals surface area contributed by atoms with Gasteiger partial charge in [-0.25, -0.2) is 0 Å². The minimum absolute atomic E-state index is 0.445. The number of carbonyl (C=O) groups excluding carboxylic acids is 1. The molecule has 1 aromatic heterocycles. The molecule has 1 aliphatic carbocycles. The van der Waals surface area contributed by atoms with Crippen molar-refractivity contribution in [1.82, 2.24) is 4.57 Å². The van der Waals surface area contributed by atoms with Crippen LogP contribution in [0.25, 0.3) is 11.3 Å². The number of hydrogen-bond donors (Lipinski definition) is 1. The van der Waals surface area contributed by atoms with Crippen molar-refractivity contribution in [3.05, 3.63) is 46.6 Å². The van der Waals surface area contributed by atoms with Gasteiger partial charge in [0.05, 0.1) is 16.3 Å². The highest BCUT2D eigenvalue weighted by Gasteiger charge is 2.32. The lowest BCUT2D eigenvalue weighted by atomic mass is 10.1. The van der Waals surface area contributed by atoms with Crippen LogP contribution in [0.5, 0.6) is 0 Å². The van der Waals surface area contributed by atoms with Crippen molar-refractivity contribution in [2.45, 2.75) is 25.8 Å². The standard InChI is InChI=1S/C15H15ClN2O/c1-9-12(15(17)19)13(16)14(18(9)11-7-8-11)10-5-3-2-4-6-10/h2-6,11H,7-8H2,1H3,(H2,17,19). The summed E-state index contributed by atoms with van der Waals surface area (Å²) in [7, 11) is 0. The van der Waals surface area contributed by atoms with Crippen LogP contribution in [0.15, 0.2) is 30.3 Å². The van der Waals surface area contributed by atoms with Crippen LogP contribution in [0.3, 0.4) is 0 Å².